The third-order valence-corrected chi connectivity index (χ3v) is 1.59. The zero-order chi connectivity index (χ0) is 10.1. The molecule has 0 aliphatic heterocycles. The minimum atomic E-state index is 1.04. The summed E-state index contributed by atoms with van der Waals surface area (Å²) in [4.78, 5) is 22.5. The van der Waals surface area contributed by atoms with E-state index in [1.807, 2.05) is 6.08 Å². The molecule has 62 valence electrons. The van der Waals surface area contributed by atoms with Crippen LogP contribution in [0.4, 0.5) is 0 Å². The molecule has 5 heteroatoms. The molecule has 0 fully saturated rings. The fraction of sp³-hybridized carbons (Fsp3) is 0.167. The number of halogens is 1. The quantitative estimate of drug-likeness (QED) is 0.545. The second kappa shape index (κ2) is 98.7. The molecule has 0 spiro atoms. The Morgan fingerprint density at radius 3 is 1.45 bits per heavy atom. The molecule has 0 saturated heterocycles. The van der Waals surface area contributed by atoms with Crippen LogP contribution in [0.25, 0.3) is 0 Å². The Labute approximate surface area is 80.1 Å². The minimum Gasteiger partial charge on any atom is -0.281 e. The van der Waals surface area contributed by atoms with Crippen molar-refractivity contribution in [3.63, 3.8) is 0 Å². The van der Waals surface area contributed by atoms with Gasteiger partial charge >= 0.3 is 45.2 Å². The fourth-order valence-electron chi connectivity index (χ4n) is 0.0386. The van der Waals surface area contributed by atoms with Gasteiger partial charge in [-0.2, -0.15) is 0 Å². The molecule has 0 atom stereocenters. The summed E-state index contributed by atoms with van der Waals surface area (Å²) in [6.07, 6.45) is 1.88. The maximum absolute atomic E-state index is 7.50. The van der Waals surface area contributed by atoms with Crippen LogP contribution in [0.3, 0.4) is 0 Å². The van der Waals surface area contributed by atoms with Gasteiger partial charge in [0, 0.05) is 0 Å². The molecule has 0 unspecified atom stereocenters. The molecular weight excluding hydrogens is 256 g/mol. The summed E-state index contributed by atoms with van der Waals surface area (Å²) in [5.74, 6) is 0. The van der Waals surface area contributed by atoms with E-state index in [9.17, 15) is 0 Å². The van der Waals surface area contributed by atoms with Crippen LogP contribution >= 0.6 is 14.1 Å². The standard InChI is InChI=1S/C3H5.3CO.BrH.Fe/c1-3-2;3*1-2;;/h3H,1-2H2;;;;1H;/q;;;;;+1/p-1. The van der Waals surface area contributed by atoms with Gasteiger partial charge in [0.2, 0.25) is 0 Å². The third-order valence-electron chi connectivity index (χ3n) is 0.157. The summed E-state index contributed by atoms with van der Waals surface area (Å²) in [5.41, 5.74) is 0. The first-order valence-corrected chi connectivity index (χ1v) is 5.32. The SMILES string of the molecule is C=C[CH2][Fe][Br].[C]=O.[C]=O.[C]=O. The van der Waals surface area contributed by atoms with Crippen molar-refractivity contribution in [2.24, 2.45) is 0 Å². The molecule has 0 amide bonds. The van der Waals surface area contributed by atoms with E-state index in [1.54, 1.807) is 0 Å². The van der Waals surface area contributed by atoms with Gasteiger partial charge < -0.3 is 0 Å². The van der Waals surface area contributed by atoms with Gasteiger partial charge in [-0.3, -0.25) is 14.4 Å². The molecule has 0 aliphatic carbocycles. The van der Waals surface area contributed by atoms with Gasteiger partial charge in [-0.05, 0) is 0 Å². The Hall–Kier alpha value is -0.251. The molecule has 0 aliphatic rings. The maximum Gasteiger partial charge on any atom is 0.281 e. The predicted octanol–water partition coefficient (Wildman–Crippen LogP) is 0.792. The van der Waals surface area contributed by atoms with Gasteiger partial charge in [-0.25, -0.2) is 0 Å². The summed E-state index contributed by atoms with van der Waals surface area (Å²) in [5, 5.41) is 1.07. The van der Waals surface area contributed by atoms with E-state index in [1.165, 1.54) is 0 Å². The topological polar surface area (TPSA) is 51.2 Å². The number of hydrogen-bond acceptors (Lipinski definition) is 3. The molecule has 0 heterocycles. The van der Waals surface area contributed by atoms with Crippen LogP contribution in [0.5, 0.6) is 0 Å². The summed E-state index contributed by atoms with van der Waals surface area (Å²) in [6, 6.07) is 0. The first-order valence-electron chi connectivity index (χ1n) is 1.81. The Morgan fingerprint density at radius 2 is 1.45 bits per heavy atom. The molecule has 0 aromatic rings. The number of allylic oxidation sites excluding steroid dienone is 1. The molecule has 11 heavy (non-hydrogen) atoms. The van der Waals surface area contributed by atoms with Crippen molar-refractivity contribution in [2.45, 2.75) is 5.32 Å². The van der Waals surface area contributed by atoms with Crippen molar-refractivity contribution in [3.05, 3.63) is 12.7 Å². The summed E-state index contributed by atoms with van der Waals surface area (Å²) in [7, 11) is 0. The predicted molar refractivity (Wildman–Crippen MR) is 41.0 cm³/mol. The number of carbonyl (C=O) groups excluding carboxylic acids is 3. The number of hydrogen-bond donors (Lipinski definition) is 0. The van der Waals surface area contributed by atoms with E-state index in [4.69, 9.17) is 14.4 Å². The Kier molecular flexibility index (Phi) is 201. The maximum atomic E-state index is 7.50. The van der Waals surface area contributed by atoms with Crippen LogP contribution in [0, 0.1) is 0 Å². The fourth-order valence-corrected chi connectivity index (χ4v) is 0.826. The van der Waals surface area contributed by atoms with E-state index in [0.29, 0.717) is 0 Å². The van der Waals surface area contributed by atoms with E-state index in [0.717, 1.165) is 18.5 Å². The first-order chi connectivity index (χ1) is 5.41. The van der Waals surface area contributed by atoms with Gasteiger partial charge in [0.25, 0.3) is 20.4 Å². The van der Waals surface area contributed by atoms with E-state index in [-0.39, 0.29) is 0 Å². The van der Waals surface area contributed by atoms with Gasteiger partial charge in [0.1, 0.15) is 0 Å². The summed E-state index contributed by atoms with van der Waals surface area (Å²) in [6.45, 7) is 17.0. The van der Waals surface area contributed by atoms with Crippen LogP contribution in [-0.2, 0) is 27.5 Å². The van der Waals surface area contributed by atoms with E-state index >= 15 is 0 Å². The monoisotopic (exact) mass is 260 g/mol. The van der Waals surface area contributed by atoms with Crippen LogP contribution in [0.1, 0.15) is 0 Å². The molecule has 0 bridgehead atoms. The minimum absolute atomic E-state index is 1.04. The summed E-state index contributed by atoms with van der Waals surface area (Å²) >= 11 is 4.28. The van der Waals surface area contributed by atoms with Crippen molar-refractivity contribution in [1.29, 1.82) is 0 Å². The van der Waals surface area contributed by atoms with E-state index in [2.05, 4.69) is 41.1 Å². The van der Waals surface area contributed by atoms with Crippen molar-refractivity contribution in [3.8, 4) is 0 Å². The van der Waals surface area contributed by atoms with Crippen molar-refractivity contribution in [2.75, 3.05) is 0 Å². The smallest absolute Gasteiger partial charge is 0.281 e. The largest absolute Gasteiger partial charge is 0.281 e. The molecule has 0 aromatic heterocycles. The molecule has 0 saturated carbocycles. The molecular formula is C6H5BrFeO3. The molecule has 3 nitrogen and oxygen atoms in total. The van der Waals surface area contributed by atoms with Crippen LogP contribution in [-0.4, -0.2) is 20.4 Å². The molecule has 6 radical (unpaired) electrons. The zero-order valence-corrected chi connectivity index (χ0v) is 8.14. The van der Waals surface area contributed by atoms with Gasteiger partial charge in [0.05, 0.1) is 0 Å². The molecule has 0 aromatic carbocycles. The summed E-state index contributed by atoms with van der Waals surface area (Å²) < 4.78 is 0. The second-order valence-electron chi connectivity index (χ2n) is 0.528. The molecule has 0 rings (SSSR count). The molecule has 0 N–H and O–H groups in total. The Morgan fingerprint density at radius 1 is 1.18 bits per heavy atom. The second-order valence-corrected chi connectivity index (χ2v) is 2.91. The van der Waals surface area contributed by atoms with E-state index < -0.39 is 0 Å². The Balaban J connectivity index is -0.0000000350. The number of rotatable bonds is 2. The van der Waals surface area contributed by atoms with Crippen LogP contribution < -0.4 is 0 Å². The van der Waals surface area contributed by atoms with Crippen LogP contribution in [0.2, 0.25) is 5.32 Å². The van der Waals surface area contributed by atoms with Gasteiger partial charge in [-0.15, -0.1) is 0 Å². The normalized spacial score (nSPS) is 4.82. The van der Waals surface area contributed by atoms with Gasteiger partial charge in [-0.1, -0.05) is 0 Å². The van der Waals surface area contributed by atoms with Crippen LogP contribution in [0.15, 0.2) is 12.7 Å². The van der Waals surface area contributed by atoms with Crippen molar-refractivity contribution in [1.82, 2.24) is 0 Å². The third kappa shape index (κ3) is 191. The van der Waals surface area contributed by atoms with Gasteiger partial charge in [0.15, 0.2) is 0 Å². The Bertz CT molecular complexity index is 59.0. The van der Waals surface area contributed by atoms with Crippen molar-refractivity contribution >= 4 is 34.5 Å². The average molecular weight is 261 g/mol. The zero-order valence-electron chi connectivity index (χ0n) is 5.45. The average Bonchev–Trinajstić information content (AvgIpc) is 2.16. The first kappa shape index (κ1) is 22.4. The van der Waals surface area contributed by atoms with Crippen molar-refractivity contribution < 1.29 is 27.5 Å².